The van der Waals surface area contributed by atoms with Crippen LogP contribution < -0.4 is 14.8 Å². The highest BCUT2D eigenvalue weighted by Crippen LogP contribution is 2.35. The molecule has 1 aliphatic heterocycles. The van der Waals surface area contributed by atoms with Crippen molar-refractivity contribution in [3.8, 4) is 22.8 Å². The van der Waals surface area contributed by atoms with E-state index in [4.69, 9.17) is 14.5 Å². The molecule has 150 valence electrons. The lowest BCUT2D eigenvalue weighted by Crippen LogP contribution is -2.34. The zero-order valence-electron chi connectivity index (χ0n) is 16.8. The van der Waals surface area contributed by atoms with Crippen LogP contribution in [0.3, 0.4) is 0 Å². The predicted molar refractivity (Wildman–Crippen MR) is 115 cm³/mol. The molecule has 0 fully saturated rings. The van der Waals surface area contributed by atoms with Gasteiger partial charge < -0.3 is 19.2 Å². The van der Waals surface area contributed by atoms with Gasteiger partial charge >= 0.3 is 0 Å². The summed E-state index contributed by atoms with van der Waals surface area (Å²) in [6.07, 6.45) is 1.48. The first-order valence-corrected chi connectivity index (χ1v) is 9.86. The van der Waals surface area contributed by atoms with E-state index in [1.807, 2.05) is 78.2 Å². The number of hydrogen-bond acceptors (Lipinski definition) is 4. The summed E-state index contributed by atoms with van der Waals surface area (Å²) in [7, 11) is 0. The fourth-order valence-corrected chi connectivity index (χ4v) is 3.64. The highest BCUT2D eigenvalue weighted by atomic mass is 16.5. The summed E-state index contributed by atoms with van der Waals surface area (Å²) in [5, 5.41) is 2.90. The quantitative estimate of drug-likeness (QED) is 0.544. The van der Waals surface area contributed by atoms with Crippen LogP contribution in [0.1, 0.15) is 18.2 Å². The van der Waals surface area contributed by atoms with Gasteiger partial charge in [-0.15, -0.1) is 0 Å². The first-order valence-electron chi connectivity index (χ1n) is 9.86. The number of aryl methyl sites for hydroxylation is 1. The van der Waals surface area contributed by atoms with Gasteiger partial charge in [-0.05, 0) is 49.7 Å². The number of fused-ring (bicyclic) bond motifs is 2. The second-order valence-electron chi connectivity index (χ2n) is 7.35. The monoisotopic (exact) mass is 399 g/mol. The molecule has 0 spiro atoms. The number of nitrogens with one attached hydrogen (secondary N) is 1. The predicted octanol–water partition coefficient (Wildman–Crippen LogP) is 4.61. The Morgan fingerprint density at radius 1 is 1.13 bits per heavy atom. The van der Waals surface area contributed by atoms with Crippen LogP contribution in [0, 0.1) is 6.92 Å². The molecular weight excluding hydrogens is 378 g/mol. The zero-order valence-corrected chi connectivity index (χ0v) is 16.8. The summed E-state index contributed by atoms with van der Waals surface area (Å²) >= 11 is 0. The molecule has 0 aliphatic carbocycles. The third-order valence-corrected chi connectivity index (χ3v) is 5.27. The molecule has 0 radical (unpaired) electrons. The molecule has 2 aromatic heterocycles. The van der Waals surface area contributed by atoms with Gasteiger partial charge in [0, 0.05) is 17.5 Å². The van der Waals surface area contributed by atoms with E-state index in [0.29, 0.717) is 18.0 Å². The Morgan fingerprint density at radius 3 is 2.80 bits per heavy atom. The highest BCUT2D eigenvalue weighted by molar-refractivity contribution is 5.98. The molecule has 4 aromatic rings. The molecule has 0 bridgehead atoms. The second-order valence-corrected chi connectivity index (χ2v) is 7.35. The number of aromatic nitrogens is 2. The Morgan fingerprint density at radius 2 is 1.97 bits per heavy atom. The Hall–Kier alpha value is -3.80. The number of ether oxygens (including phenoxy) is 2. The highest BCUT2D eigenvalue weighted by Gasteiger charge is 2.24. The number of amides is 1. The molecule has 6 nitrogen and oxygen atoms in total. The molecule has 30 heavy (non-hydrogen) atoms. The van der Waals surface area contributed by atoms with Gasteiger partial charge in [-0.25, -0.2) is 4.98 Å². The topological polar surface area (TPSA) is 64.9 Å². The minimum absolute atomic E-state index is 0.150. The molecule has 1 unspecified atom stereocenters. The normalized spacial score (nSPS) is 15.4. The summed E-state index contributed by atoms with van der Waals surface area (Å²) in [6.45, 7) is 4.23. The number of benzene rings is 2. The largest absolute Gasteiger partial charge is 0.485 e. The first kappa shape index (κ1) is 18.2. The van der Waals surface area contributed by atoms with Crippen molar-refractivity contribution >= 4 is 17.2 Å². The van der Waals surface area contributed by atoms with E-state index < -0.39 is 6.10 Å². The summed E-state index contributed by atoms with van der Waals surface area (Å²) in [4.78, 5) is 16.8. The van der Waals surface area contributed by atoms with E-state index in [1.54, 1.807) is 6.92 Å². The number of rotatable bonds is 4. The van der Waals surface area contributed by atoms with Crippen LogP contribution >= 0.6 is 0 Å². The van der Waals surface area contributed by atoms with Crippen molar-refractivity contribution in [2.75, 3.05) is 5.32 Å². The average Bonchev–Trinajstić information content (AvgIpc) is 3.11. The van der Waals surface area contributed by atoms with Crippen molar-refractivity contribution < 1.29 is 14.3 Å². The number of nitrogens with zero attached hydrogens (tertiary/aromatic N) is 2. The van der Waals surface area contributed by atoms with E-state index in [2.05, 4.69) is 5.32 Å². The number of carbonyl (C=O) groups is 1. The van der Waals surface area contributed by atoms with Crippen molar-refractivity contribution in [1.29, 1.82) is 0 Å². The third-order valence-electron chi connectivity index (χ3n) is 5.27. The molecular formula is C24H21N3O3. The maximum absolute atomic E-state index is 12.0. The summed E-state index contributed by atoms with van der Waals surface area (Å²) in [6, 6.07) is 19.7. The lowest BCUT2D eigenvalue weighted by molar-refractivity contribution is -0.122. The van der Waals surface area contributed by atoms with Crippen LogP contribution in [0.5, 0.6) is 11.5 Å². The van der Waals surface area contributed by atoms with Gasteiger partial charge in [-0.1, -0.05) is 30.3 Å². The van der Waals surface area contributed by atoms with Gasteiger partial charge in [0.2, 0.25) is 0 Å². The molecule has 1 amide bonds. The number of carbonyl (C=O) groups excluding carboxylic acids is 1. The molecule has 1 atom stereocenters. The van der Waals surface area contributed by atoms with Crippen LogP contribution in [0.25, 0.3) is 16.9 Å². The number of anilines is 1. The molecule has 6 heteroatoms. The minimum Gasteiger partial charge on any atom is -0.485 e. The van der Waals surface area contributed by atoms with Crippen molar-refractivity contribution in [3.05, 3.63) is 78.1 Å². The number of hydrogen-bond donors (Lipinski definition) is 1. The van der Waals surface area contributed by atoms with Gasteiger partial charge in [0.25, 0.3) is 5.91 Å². The smallest absolute Gasteiger partial charge is 0.265 e. The van der Waals surface area contributed by atoms with Gasteiger partial charge in [-0.2, -0.15) is 0 Å². The van der Waals surface area contributed by atoms with Crippen LogP contribution in [0.15, 0.2) is 66.9 Å². The van der Waals surface area contributed by atoms with Crippen molar-refractivity contribution in [1.82, 2.24) is 9.38 Å². The summed E-state index contributed by atoms with van der Waals surface area (Å²) in [5.41, 5.74) is 5.25. The molecule has 1 aliphatic rings. The maximum Gasteiger partial charge on any atom is 0.265 e. The SMILES string of the molecule is Cc1c(-c2ccc3c(c2)NC(=O)C(C)O3)nc2c(OCc3ccccc3)cccn12. The van der Waals surface area contributed by atoms with Crippen LogP contribution in [-0.2, 0) is 11.4 Å². The lowest BCUT2D eigenvalue weighted by atomic mass is 10.1. The van der Waals surface area contributed by atoms with E-state index in [1.165, 1.54) is 0 Å². The zero-order chi connectivity index (χ0) is 20.7. The molecule has 1 N–H and O–H groups in total. The van der Waals surface area contributed by atoms with Crippen molar-refractivity contribution in [2.45, 2.75) is 26.6 Å². The van der Waals surface area contributed by atoms with Gasteiger partial charge in [0.1, 0.15) is 12.4 Å². The standard InChI is InChI=1S/C24H21N3O3/c1-15-22(18-10-11-20-19(13-18)25-24(28)16(2)30-20)26-23-21(9-6-12-27(15)23)29-14-17-7-4-3-5-8-17/h3-13,16H,14H2,1-2H3,(H,25,28). The van der Waals surface area contributed by atoms with Gasteiger partial charge in [0.05, 0.1) is 11.4 Å². The van der Waals surface area contributed by atoms with Crippen molar-refractivity contribution in [2.24, 2.45) is 0 Å². The van der Waals surface area contributed by atoms with Gasteiger partial charge in [-0.3, -0.25) is 4.79 Å². The fourth-order valence-electron chi connectivity index (χ4n) is 3.64. The molecule has 0 saturated carbocycles. The molecule has 0 saturated heterocycles. The Labute approximate surface area is 174 Å². The Balaban J connectivity index is 1.51. The third kappa shape index (κ3) is 3.16. The van der Waals surface area contributed by atoms with Crippen LogP contribution in [0.2, 0.25) is 0 Å². The van der Waals surface area contributed by atoms with E-state index in [-0.39, 0.29) is 5.91 Å². The Kier molecular flexibility index (Phi) is 4.39. The first-order chi connectivity index (χ1) is 14.6. The summed E-state index contributed by atoms with van der Waals surface area (Å²) in [5.74, 6) is 1.24. The minimum atomic E-state index is -0.496. The maximum atomic E-state index is 12.0. The fraction of sp³-hybridized carbons (Fsp3) is 0.167. The van der Waals surface area contributed by atoms with Crippen molar-refractivity contribution in [3.63, 3.8) is 0 Å². The van der Waals surface area contributed by atoms with Crippen LogP contribution in [-0.4, -0.2) is 21.4 Å². The van der Waals surface area contributed by atoms with E-state index in [0.717, 1.165) is 33.9 Å². The van der Waals surface area contributed by atoms with E-state index >= 15 is 0 Å². The number of pyridine rings is 1. The average molecular weight is 399 g/mol. The molecule has 5 rings (SSSR count). The number of imidazole rings is 1. The Bertz CT molecular complexity index is 1250. The molecule has 2 aromatic carbocycles. The summed E-state index contributed by atoms with van der Waals surface area (Å²) < 4.78 is 13.7. The van der Waals surface area contributed by atoms with Gasteiger partial charge in [0.15, 0.2) is 17.5 Å². The molecule has 3 heterocycles. The van der Waals surface area contributed by atoms with Crippen LogP contribution in [0.4, 0.5) is 5.69 Å². The second kappa shape index (κ2) is 7.22. The lowest BCUT2D eigenvalue weighted by Gasteiger charge is -2.23. The van der Waals surface area contributed by atoms with E-state index in [9.17, 15) is 4.79 Å².